The normalized spacial score (nSPS) is 12.9. The molecule has 0 aliphatic carbocycles. The molecule has 2 N–H and O–H groups in total. The zero-order valence-electron chi connectivity index (χ0n) is 15.8. The zero-order valence-corrected chi connectivity index (χ0v) is 15.8. The number of nitrogens with two attached hydrogens (primary N) is 1. The van der Waals surface area contributed by atoms with E-state index in [0.29, 0.717) is 35.1 Å². The first-order chi connectivity index (χ1) is 14.5. The molecule has 148 valence electrons. The molecule has 0 unspecified atom stereocenters. The van der Waals surface area contributed by atoms with Gasteiger partial charge in [0.1, 0.15) is 5.69 Å². The molecule has 0 radical (unpaired) electrons. The molecule has 0 saturated carbocycles. The lowest BCUT2D eigenvalue weighted by Crippen LogP contribution is -2.27. The van der Waals surface area contributed by atoms with Gasteiger partial charge in [0.15, 0.2) is 11.6 Å². The molecule has 2 heterocycles. The van der Waals surface area contributed by atoms with Gasteiger partial charge in [-0.15, -0.1) is 0 Å². The highest BCUT2D eigenvalue weighted by molar-refractivity contribution is 6.05. The van der Waals surface area contributed by atoms with Crippen molar-refractivity contribution in [1.29, 1.82) is 0 Å². The Morgan fingerprint density at radius 1 is 0.867 bits per heavy atom. The van der Waals surface area contributed by atoms with Crippen LogP contribution in [-0.4, -0.2) is 20.8 Å². The number of anilines is 1. The van der Waals surface area contributed by atoms with Crippen LogP contribution in [0.1, 0.15) is 21.6 Å². The number of fused-ring (bicyclic) bond motifs is 2. The topological polar surface area (TPSA) is 72.1 Å². The number of aromatic nitrogens is 2. The van der Waals surface area contributed by atoms with Gasteiger partial charge in [0, 0.05) is 18.5 Å². The summed E-state index contributed by atoms with van der Waals surface area (Å²) in [6.45, 7) is 0.979. The number of rotatable bonds is 2. The molecule has 1 amide bonds. The Morgan fingerprint density at radius 3 is 2.23 bits per heavy atom. The molecule has 7 heteroatoms. The summed E-state index contributed by atoms with van der Waals surface area (Å²) in [5, 5.41) is 0.507. The van der Waals surface area contributed by atoms with Crippen LogP contribution in [-0.2, 0) is 13.1 Å². The van der Waals surface area contributed by atoms with E-state index in [1.54, 1.807) is 23.1 Å². The Morgan fingerprint density at radius 2 is 1.53 bits per heavy atom. The summed E-state index contributed by atoms with van der Waals surface area (Å²) < 4.78 is 27.0. The average molecular weight is 402 g/mol. The van der Waals surface area contributed by atoms with E-state index in [4.69, 9.17) is 5.73 Å². The maximum absolute atomic E-state index is 13.7. The molecule has 1 aliphatic rings. The average Bonchev–Trinajstić information content (AvgIpc) is 3.18. The standard InChI is InChI=1S/C23H16F2N4O/c24-18-7-5-14(10-19(18)25)13-6-8-20-17(9-13)21(28-23(26)27-20)22(30)29-11-15-3-1-2-4-16(15)12-29/h1-10H,11-12H2,(H2,26,27,28). The van der Waals surface area contributed by atoms with Crippen molar-refractivity contribution in [2.75, 3.05) is 5.73 Å². The highest BCUT2D eigenvalue weighted by Crippen LogP contribution is 2.29. The van der Waals surface area contributed by atoms with Gasteiger partial charge in [0.2, 0.25) is 5.95 Å². The van der Waals surface area contributed by atoms with E-state index in [-0.39, 0.29) is 17.5 Å². The van der Waals surface area contributed by atoms with Gasteiger partial charge in [0.05, 0.1) is 5.52 Å². The molecular formula is C23H16F2N4O. The third-order valence-corrected chi connectivity index (χ3v) is 5.30. The Kier molecular flexibility index (Phi) is 4.17. The maximum Gasteiger partial charge on any atom is 0.273 e. The monoisotopic (exact) mass is 402 g/mol. The third kappa shape index (κ3) is 3.04. The van der Waals surface area contributed by atoms with Crippen LogP contribution in [0.3, 0.4) is 0 Å². The second-order valence-corrected chi connectivity index (χ2v) is 7.22. The molecule has 0 bridgehead atoms. The first kappa shape index (κ1) is 18.2. The fourth-order valence-corrected chi connectivity index (χ4v) is 3.79. The number of nitrogens with zero attached hydrogens (tertiary/aromatic N) is 3. The zero-order chi connectivity index (χ0) is 20.8. The summed E-state index contributed by atoms with van der Waals surface area (Å²) in [6, 6.07) is 16.7. The number of halogens is 2. The number of carbonyl (C=O) groups is 1. The number of carbonyl (C=O) groups excluding carboxylic acids is 1. The molecular weight excluding hydrogens is 386 g/mol. The highest BCUT2D eigenvalue weighted by atomic mass is 19.2. The van der Waals surface area contributed by atoms with Crippen molar-refractivity contribution in [1.82, 2.24) is 14.9 Å². The van der Waals surface area contributed by atoms with Gasteiger partial charge in [-0.2, -0.15) is 0 Å². The van der Waals surface area contributed by atoms with Gasteiger partial charge in [-0.25, -0.2) is 18.7 Å². The molecule has 4 aromatic rings. The summed E-state index contributed by atoms with van der Waals surface area (Å²) in [6.07, 6.45) is 0. The number of nitrogen functional groups attached to an aromatic ring is 1. The Labute approximate surface area is 170 Å². The molecule has 5 nitrogen and oxygen atoms in total. The van der Waals surface area contributed by atoms with Crippen LogP contribution in [0.15, 0.2) is 60.7 Å². The second kappa shape index (κ2) is 6.88. The molecule has 0 spiro atoms. The van der Waals surface area contributed by atoms with Crippen molar-refractivity contribution < 1.29 is 13.6 Å². The van der Waals surface area contributed by atoms with Gasteiger partial charge < -0.3 is 10.6 Å². The van der Waals surface area contributed by atoms with E-state index in [9.17, 15) is 13.6 Å². The first-order valence-corrected chi connectivity index (χ1v) is 9.38. The van der Waals surface area contributed by atoms with Crippen molar-refractivity contribution in [3.05, 3.63) is 89.1 Å². The maximum atomic E-state index is 13.7. The molecule has 0 saturated heterocycles. The lowest BCUT2D eigenvalue weighted by atomic mass is 10.0. The van der Waals surface area contributed by atoms with Crippen molar-refractivity contribution in [2.24, 2.45) is 0 Å². The summed E-state index contributed by atoms with van der Waals surface area (Å²) >= 11 is 0. The summed E-state index contributed by atoms with van der Waals surface area (Å²) in [4.78, 5) is 23.4. The summed E-state index contributed by atoms with van der Waals surface area (Å²) in [5.41, 5.74) is 9.84. The molecule has 0 fully saturated rings. The SMILES string of the molecule is Nc1nc(C(=O)N2Cc3ccccc3C2)c2cc(-c3ccc(F)c(F)c3)ccc2n1. The molecule has 5 rings (SSSR count). The van der Waals surface area contributed by atoms with Crippen LogP contribution < -0.4 is 5.73 Å². The largest absolute Gasteiger partial charge is 0.368 e. The van der Waals surface area contributed by atoms with E-state index in [2.05, 4.69) is 9.97 Å². The minimum atomic E-state index is -0.938. The van der Waals surface area contributed by atoms with Gasteiger partial charge in [0.25, 0.3) is 5.91 Å². The van der Waals surface area contributed by atoms with Crippen molar-refractivity contribution in [3.63, 3.8) is 0 Å². The van der Waals surface area contributed by atoms with Gasteiger partial charge in [-0.3, -0.25) is 4.79 Å². The van der Waals surface area contributed by atoms with Crippen LogP contribution >= 0.6 is 0 Å². The minimum absolute atomic E-state index is 0.00291. The first-order valence-electron chi connectivity index (χ1n) is 9.38. The van der Waals surface area contributed by atoms with Crippen molar-refractivity contribution in [2.45, 2.75) is 13.1 Å². The van der Waals surface area contributed by atoms with E-state index in [1.807, 2.05) is 24.3 Å². The predicted octanol–water partition coefficient (Wildman–Crippen LogP) is 4.31. The summed E-state index contributed by atoms with van der Waals surface area (Å²) in [7, 11) is 0. The van der Waals surface area contributed by atoms with E-state index in [1.165, 1.54) is 6.07 Å². The lowest BCUT2D eigenvalue weighted by Gasteiger charge is -2.16. The molecule has 1 aromatic heterocycles. The molecule has 3 aromatic carbocycles. The van der Waals surface area contributed by atoms with Crippen LogP contribution in [0.5, 0.6) is 0 Å². The fraction of sp³-hybridized carbons (Fsp3) is 0.0870. The van der Waals surface area contributed by atoms with Gasteiger partial charge in [-0.1, -0.05) is 36.4 Å². The third-order valence-electron chi connectivity index (χ3n) is 5.30. The molecule has 1 aliphatic heterocycles. The highest BCUT2D eigenvalue weighted by Gasteiger charge is 2.26. The van der Waals surface area contributed by atoms with Crippen LogP contribution in [0.25, 0.3) is 22.0 Å². The Hall–Kier alpha value is -3.87. The fourth-order valence-electron chi connectivity index (χ4n) is 3.79. The Bertz CT molecular complexity index is 1300. The molecule has 30 heavy (non-hydrogen) atoms. The van der Waals surface area contributed by atoms with Gasteiger partial charge >= 0.3 is 0 Å². The summed E-state index contributed by atoms with van der Waals surface area (Å²) in [5.74, 6) is -2.11. The number of hydrogen-bond donors (Lipinski definition) is 1. The second-order valence-electron chi connectivity index (χ2n) is 7.22. The van der Waals surface area contributed by atoms with Gasteiger partial charge in [-0.05, 0) is 46.5 Å². The van der Waals surface area contributed by atoms with E-state index >= 15 is 0 Å². The van der Waals surface area contributed by atoms with Crippen LogP contribution in [0.2, 0.25) is 0 Å². The molecule has 0 atom stereocenters. The van der Waals surface area contributed by atoms with Crippen molar-refractivity contribution in [3.8, 4) is 11.1 Å². The predicted molar refractivity (Wildman–Crippen MR) is 109 cm³/mol. The Balaban J connectivity index is 1.59. The number of hydrogen-bond acceptors (Lipinski definition) is 4. The van der Waals surface area contributed by atoms with Crippen LogP contribution in [0, 0.1) is 11.6 Å². The van der Waals surface area contributed by atoms with Crippen LogP contribution in [0.4, 0.5) is 14.7 Å². The van der Waals surface area contributed by atoms with E-state index < -0.39 is 11.6 Å². The van der Waals surface area contributed by atoms with E-state index in [0.717, 1.165) is 23.3 Å². The quantitative estimate of drug-likeness (QED) is 0.542. The van der Waals surface area contributed by atoms with Crippen molar-refractivity contribution >= 4 is 22.8 Å². The minimum Gasteiger partial charge on any atom is -0.368 e. The smallest absolute Gasteiger partial charge is 0.273 e. The number of amides is 1. The lowest BCUT2D eigenvalue weighted by molar-refractivity contribution is 0.0747. The number of benzene rings is 3.